The Bertz CT molecular complexity index is 955. The summed E-state index contributed by atoms with van der Waals surface area (Å²) >= 11 is 0. The van der Waals surface area contributed by atoms with Crippen LogP contribution < -0.4 is 4.74 Å². The lowest BCUT2D eigenvalue weighted by Gasteiger charge is -2.11. The zero-order valence-electron chi connectivity index (χ0n) is 13.1. The lowest BCUT2D eigenvalue weighted by atomic mass is 10.1. The van der Waals surface area contributed by atoms with Crippen LogP contribution in [0.3, 0.4) is 0 Å². The minimum absolute atomic E-state index is 0.0432. The number of hydrogen-bond donors (Lipinski definition) is 1. The number of halogens is 3. The van der Waals surface area contributed by atoms with Gasteiger partial charge in [-0.1, -0.05) is 0 Å². The SMILES string of the molecule is Cc1c(O)cc(-c2nnc(-c3cccnc3)o2)cc1OC(=O)C(F)(F)F. The maximum Gasteiger partial charge on any atom is 0.491 e. The van der Waals surface area contributed by atoms with Gasteiger partial charge in [0, 0.05) is 23.5 Å². The smallest absolute Gasteiger partial charge is 0.491 e. The number of aromatic hydroxyl groups is 1. The standard InChI is InChI=1S/C16H10F3N3O4/c1-8-11(23)5-10(6-12(8)25-15(24)16(17,18)19)14-22-21-13(26-14)9-3-2-4-20-7-9/h2-7,23H,1H3. The highest BCUT2D eigenvalue weighted by atomic mass is 19.4. The number of pyridine rings is 1. The van der Waals surface area contributed by atoms with Crippen molar-refractivity contribution < 1.29 is 32.2 Å². The van der Waals surface area contributed by atoms with Gasteiger partial charge in [-0.25, -0.2) is 4.79 Å². The van der Waals surface area contributed by atoms with Crippen LogP contribution in [0.25, 0.3) is 22.9 Å². The summed E-state index contributed by atoms with van der Waals surface area (Å²) in [5, 5.41) is 17.5. The number of rotatable bonds is 3. The summed E-state index contributed by atoms with van der Waals surface area (Å²) in [4.78, 5) is 15.0. The molecule has 0 saturated carbocycles. The maximum atomic E-state index is 12.4. The van der Waals surface area contributed by atoms with Gasteiger partial charge in [-0.05, 0) is 31.2 Å². The summed E-state index contributed by atoms with van der Waals surface area (Å²) in [5.74, 6) is -3.22. The Hall–Kier alpha value is -3.43. The van der Waals surface area contributed by atoms with E-state index in [4.69, 9.17) is 4.42 Å². The Morgan fingerprint density at radius 2 is 1.88 bits per heavy atom. The van der Waals surface area contributed by atoms with E-state index in [0.29, 0.717) is 5.56 Å². The number of phenols is 1. The van der Waals surface area contributed by atoms with Crippen molar-refractivity contribution in [3.63, 3.8) is 0 Å². The lowest BCUT2D eigenvalue weighted by molar-refractivity contribution is -0.189. The molecular weight excluding hydrogens is 355 g/mol. The molecule has 0 fully saturated rings. The van der Waals surface area contributed by atoms with Gasteiger partial charge in [-0.3, -0.25) is 4.98 Å². The van der Waals surface area contributed by atoms with Crippen LogP contribution in [0.4, 0.5) is 13.2 Å². The number of ether oxygens (including phenoxy) is 1. The van der Waals surface area contributed by atoms with Gasteiger partial charge >= 0.3 is 12.1 Å². The number of carbonyl (C=O) groups is 1. The number of carbonyl (C=O) groups excluding carboxylic acids is 1. The van der Waals surface area contributed by atoms with E-state index >= 15 is 0 Å². The molecular formula is C16H10F3N3O4. The molecule has 0 radical (unpaired) electrons. The Balaban J connectivity index is 1.97. The summed E-state index contributed by atoms with van der Waals surface area (Å²) in [6.07, 6.45) is -2.13. The van der Waals surface area contributed by atoms with Gasteiger partial charge in [0.2, 0.25) is 11.8 Å². The van der Waals surface area contributed by atoms with Crippen molar-refractivity contribution in [2.45, 2.75) is 13.1 Å². The molecule has 134 valence electrons. The summed E-state index contributed by atoms with van der Waals surface area (Å²) in [5.41, 5.74) is 0.574. The first-order valence-electron chi connectivity index (χ1n) is 7.12. The van der Waals surface area contributed by atoms with Gasteiger partial charge in [0.25, 0.3) is 0 Å². The second kappa shape index (κ2) is 6.47. The largest absolute Gasteiger partial charge is 0.508 e. The predicted molar refractivity (Wildman–Crippen MR) is 81.1 cm³/mol. The van der Waals surface area contributed by atoms with Gasteiger partial charge in [0.15, 0.2) is 0 Å². The third-order valence-electron chi connectivity index (χ3n) is 3.35. The van der Waals surface area contributed by atoms with E-state index in [1.54, 1.807) is 18.3 Å². The number of aromatic nitrogens is 3. The molecule has 2 aromatic heterocycles. The maximum absolute atomic E-state index is 12.4. The van der Waals surface area contributed by atoms with Crippen molar-refractivity contribution in [1.29, 1.82) is 0 Å². The molecule has 0 atom stereocenters. The Labute approximate surface area is 144 Å². The van der Waals surface area contributed by atoms with E-state index in [2.05, 4.69) is 19.9 Å². The number of alkyl halides is 3. The van der Waals surface area contributed by atoms with Crippen LogP contribution >= 0.6 is 0 Å². The van der Waals surface area contributed by atoms with Crippen molar-refractivity contribution in [3.8, 4) is 34.4 Å². The molecule has 3 rings (SSSR count). The minimum atomic E-state index is -5.17. The lowest BCUT2D eigenvalue weighted by Crippen LogP contribution is -2.28. The van der Waals surface area contributed by atoms with Crippen molar-refractivity contribution in [3.05, 3.63) is 42.2 Å². The fourth-order valence-electron chi connectivity index (χ4n) is 2.01. The van der Waals surface area contributed by atoms with Crippen LogP contribution in [-0.2, 0) is 4.79 Å². The summed E-state index contributed by atoms with van der Waals surface area (Å²) in [6, 6.07) is 5.64. The Morgan fingerprint density at radius 1 is 1.19 bits per heavy atom. The molecule has 0 saturated heterocycles. The third kappa shape index (κ3) is 3.48. The molecule has 7 nitrogen and oxygen atoms in total. The molecule has 0 amide bonds. The molecule has 3 aromatic rings. The van der Waals surface area contributed by atoms with E-state index in [-0.39, 0.29) is 22.9 Å². The average molecular weight is 365 g/mol. The molecule has 0 spiro atoms. The summed E-state index contributed by atoms with van der Waals surface area (Å²) < 4.78 is 47.0. The zero-order chi connectivity index (χ0) is 18.9. The third-order valence-corrected chi connectivity index (χ3v) is 3.35. The first kappa shape index (κ1) is 17.4. The number of benzene rings is 1. The van der Waals surface area contributed by atoms with Crippen LogP contribution in [0.5, 0.6) is 11.5 Å². The molecule has 26 heavy (non-hydrogen) atoms. The van der Waals surface area contributed by atoms with Gasteiger partial charge in [0.05, 0.1) is 5.56 Å². The Kier molecular flexibility index (Phi) is 4.33. The van der Waals surface area contributed by atoms with E-state index < -0.39 is 23.6 Å². The van der Waals surface area contributed by atoms with Gasteiger partial charge in [-0.15, -0.1) is 10.2 Å². The van der Waals surface area contributed by atoms with Gasteiger partial charge < -0.3 is 14.3 Å². The van der Waals surface area contributed by atoms with E-state index in [9.17, 15) is 23.1 Å². The second-order valence-electron chi connectivity index (χ2n) is 5.16. The molecule has 10 heteroatoms. The van der Waals surface area contributed by atoms with Crippen molar-refractivity contribution in [2.24, 2.45) is 0 Å². The second-order valence-corrected chi connectivity index (χ2v) is 5.16. The molecule has 0 unspecified atom stereocenters. The molecule has 0 aliphatic carbocycles. The number of nitrogens with zero attached hydrogens (tertiary/aromatic N) is 3. The normalized spacial score (nSPS) is 11.4. The highest BCUT2D eigenvalue weighted by Gasteiger charge is 2.41. The van der Waals surface area contributed by atoms with Gasteiger partial charge in [0.1, 0.15) is 11.5 Å². The van der Waals surface area contributed by atoms with E-state index in [0.717, 1.165) is 6.07 Å². The molecule has 2 heterocycles. The van der Waals surface area contributed by atoms with Crippen LogP contribution in [0, 0.1) is 6.92 Å². The van der Waals surface area contributed by atoms with Crippen LogP contribution in [0.1, 0.15) is 5.56 Å². The fraction of sp³-hybridized carbons (Fsp3) is 0.125. The van der Waals surface area contributed by atoms with Crippen LogP contribution in [0.2, 0.25) is 0 Å². The van der Waals surface area contributed by atoms with E-state index in [1.165, 1.54) is 19.2 Å². The van der Waals surface area contributed by atoms with Crippen molar-refractivity contribution in [1.82, 2.24) is 15.2 Å². The molecule has 1 aromatic carbocycles. The number of phenolic OH excluding ortho intramolecular Hbond substituents is 1. The van der Waals surface area contributed by atoms with Crippen LogP contribution in [-0.4, -0.2) is 32.4 Å². The molecule has 0 aliphatic heterocycles. The molecule has 0 bridgehead atoms. The molecule has 1 N–H and O–H groups in total. The fourth-order valence-corrected chi connectivity index (χ4v) is 2.01. The average Bonchev–Trinajstić information content (AvgIpc) is 3.08. The quantitative estimate of drug-likeness (QED) is 0.562. The Morgan fingerprint density at radius 3 is 2.50 bits per heavy atom. The first-order valence-corrected chi connectivity index (χ1v) is 7.12. The van der Waals surface area contributed by atoms with Gasteiger partial charge in [-0.2, -0.15) is 13.2 Å². The molecule has 0 aliphatic rings. The van der Waals surface area contributed by atoms with Crippen LogP contribution in [0.15, 0.2) is 41.1 Å². The van der Waals surface area contributed by atoms with Crippen molar-refractivity contribution in [2.75, 3.05) is 0 Å². The van der Waals surface area contributed by atoms with Crippen molar-refractivity contribution >= 4 is 5.97 Å². The topological polar surface area (TPSA) is 98.3 Å². The number of hydrogen-bond acceptors (Lipinski definition) is 7. The highest BCUT2D eigenvalue weighted by Crippen LogP contribution is 2.35. The summed E-state index contributed by atoms with van der Waals surface area (Å²) in [6.45, 7) is 1.30. The minimum Gasteiger partial charge on any atom is -0.508 e. The predicted octanol–water partition coefficient (Wildman–Crippen LogP) is 3.28. The first-order chi connectivity index (χ1) is 12.3. The monoisotopic (exact) mass is 365 g/mol. The zero-order valence-corrected chi connectivity index (χ0v) is 13.1. The number of esters is 1. The summed E-state index contributed by atoms with van der Waals surface area (Å²) in [7, 11) is 0. The highest BCUT2D eigenvalue weighted by molar-refractivity contribution is 5.79. The van der Waals surface area contributed by atoms with E-state index in [1.807, 2.05) is 0 Å².